The highest BCUT2D eigenvalue weighted by molar-refractivity contribution is 5.60. The van der Waals surface area contributed by atoms with Crippen LogP contribution in [0.1, 0.15) is 44.9 Å². The molecule has 1 aliphatic heterocycles. The van der Waals surface area contributed by atoms with Crippen molar-refractivity contribution in [2.75, 3.05) is 32.9 Å². The maximum atomic E-state index is 11.5. The third-order valence-corrected chi connectivity index (χ3v) is 4.60. The number of carbonyl (C=O) groups is 1. The normalized spacial score (nSPS) is 29.6. The van der Waals surface area contributed by atoms with Gasteiger partial charge >= 0.3 is 0 Å². The van der Waals surface area contributed by atoms with Gasteiger partial charge in [0.25, 0.3) is 0 Å². The maximum Gasteiger partial charge on any atom is 0.129 e. The molecule has 1 atom stereocenters. The van der Waals surface area contributed by atoms with E-state index in [1.807, 2.05) is 0 Å². The van der Waals surface area contributed by atoms with Crippen molar-refractivity contribution in [3.8, 4) is 0 Å². The van der Waals surface area contributed by atoms with Gasteiger partial charge in [-0.25, -0.2) is 0 Å². The van der Waals surface area contributed by atoms with Crippen molar-refractivity contribution >= 4 is 6.29 Å². The van der Waals surface area contributed by atoms with Gasteiger partial charge in [0.2, 0.25) is 0 Å². The molecule has 110 valence electrons. The highest BCUT2D eigenvalue weighted by Crippen LogP contribution is 2.30. The number of aliphatic hydroxyl groups is 1. The van der Waals surface area contributed by atoms with E-state index in [-0.39, 0.29) is 12.0 Å². The lowest BCUT2D eigenvalue weighted by atomic mass is 9.82. The van der Waals surface area contributed by atoms with Crippen molar-refractivity contribution in [2.24, 2.45) is 5.41 Å². The van der Waals surface area contributed by atoms with Gasteiger partial charge in [0.15, 0.2) is 0 Å². The van der Waals surface area contributed by atoms with Gasteiger partial charge in [-0.1, -0.05) is 19.3 Å². The molecule has 4 heteroatoms. The zero-order valence-electron chi connectivity index (χ0n) is 11.9. The van der Waals surface area contributed by atoms with Crippen LogP contribution in [0.15, 0.2) is 0 Å². The van der Waals surface area contributed by atoms with Crippen molar-refractivity contribution in [1.82, 2.24) is 4.90 Å². The third-order valence-electron chi connectivity index (χ3n) is 4.60. The van der Waals surface area contributed by atoms with E-state index in [2.05, 4.69) is 4.90 Å². The smallest absolute Gasteiger partial charge is 0.129 e. The molecular weight excluding hydrogens is 242 g/mol. The first-order chi connectivity index (χ1) is 9.29. The first-order valence-electron chi connectivity index (χ1n) is 7.69. The first-order valence-corrected chi connectivity index (χ1v) is 7.69. The predicted octanol–water partition coefficient (Wildman–Crippen LogP) is 1.61. The molecule has 0 spiro atoms. The number of aldehydes is 1. The zero-order valence-corrected chi connectivity index (χ0v) is 11.9. The molecule has 0 amide bonds. The average Bonchev–Trinajstić information content (AvgIpc) is 2.49. The largest absolute Gasteiger partial charge is 0.395 e. The summed E-state index contributed by atoms with van der Waals surface area (Å²) in [6.45, 7) is 2.93. The Bertz CT molecular complexity index is 271. The van der Waals surface area contributed by atoms with Gasteiger partial charge in [-0.3, -0.25) is 4.90 Å². The van der Waals surface area contributed by atoms with Gasteiger partial charge in [-0.05, 0) is 25.7 Å². The fourth-order valence-electron chi connectivity index (χ4n) is 3.50. The fourth-order valence-corrected chi connectivity index (χ4v) is 3.50. The summed E-state index contributed by atoms with van der Waals surface area (Å²) >= 11 is 0. The van der Waals surface area contributed by atoms with Crippen LogP contribution in [0.25, 0.3) is 0 Å². The molecule has 0 bridgehead atoms. The lowest BCUT2D eigenvalue weighted by molar-refractivity contribution is -0.126. The number of rotatable bonds is 6. The summed E-state index contributed by atoms with van der Waals surface area (Å²) in [6, 6.07) is 0.541. The Morgan fingerprint density at radius 3 is 2.63 bits per heavy atom. The number of nitrogens with zero attached hydrogens (tertiary/aromatic N) is 1. The van der Waals surface area contributed by atoms with Crippen LogP contribution in [0.2, 0.25) is 0 Å². The minimum absolute atomic E-state index is 0.173. The van der Waals surface area contributed by atoms with Crippen LogP contribution in [-0.4, -0.2) is 55.2 Å². The minimum Gasteiger partial charge on any atom is -0.395 e. The second-order valence-corrected chi connectivity index (χ2v) is 6.12. The SMILES string of the molecule is O=CC1(CN(CCO)C2CCCCC2)CCCOC1. The first kappa shape index (κ1) is 14.9. The highest BCUT2D eigenvalue weighted by Gasteiger charge is 2.36. The van der Waals surface area contributed by atoms with E-state index < -0.39 is 0 Å². The van der Waals surface area contributed by atoms with Gasteiger partial charge in [0.05, 0.1) is 18.6 Å². The molecule has 1 aliphatic carbocycles. The molecule has 1 heterocycles. The molecule has 0 aromatic heterocycles. The molecular formula is C15H27NO3. The monoisotopic (exact) mass is 269 g/mol. The van der Waals surface area contributed by atoms with Gasteiger partial charge in [-0.2, -0.15) is 0 Å². The van der Waals surface area contributed by atoms with Gasteiger partial charge in [0, 0.05) is 25.7 Å². The molecule has 0 aromatic carbocycles. The molecule has 2 aliphatic rings. The summed E-state index contributed by atoms with van der Waals surface area (Å²) in [5.41, 5.74) is -0.342. The standard InChI is InChI=1S/C15H27NO3/c17-9-8-16(14-5-2-1-3-6-14)11-15(12-18)7-4-10-19-13-15/h12,14,17H,1-11,13H2. The summed E-state index contributed by atoms with van der Waals surface area (Å²) in [4.78, 5) is 13.9. The molecule has 1 N–H and O–H groups in total. The van der Waals surface area contributed by atoms with E-state index in [4.69, 9.17) is 4.74 Å². The van der Waals surface area contributed by atoms with Crippen LogP contribution in [0.4, 0.5) is 0 Å². The molecule has 4 nitrogen and oxygen atoms in total. The molecule has 19 heavy (non-hydrogen) atoms. The Morgan fingerprint density at radius 2 is 2.05 bits per heavy atom. The van der Waals surface area contributed by atoms with Crippen LogP contribution in [0.3, 0.4) is 0 Å². The van der Waals surface area contributed by atoms with Gasteiger partial charge in [-0.15, -0.1) is 0 Å². The molecule has 1 saturated heterocycles. The molecule has 2 fully saturated rings. The Hall–Kier alpha value is -0.450. The highest BCUT2D eigenvalue weighted by atomic mass is 16.5. The predicted molar refractivity (Wildman–Crippen MR) is 74.1 cm³/mol. The fraction of sp³-hybridized carbons (Fsp3) is 0.933. The summed E-state index contributed by atoms with van der Waals surface area (Å²) < 4.78 is 5.52. The van der Waals surface area contributed by atoms with E-state index in [0.29, 0.717) is 19.2 Å². The lowest BCUT2D eigenvalue weighted by Gasteiger charge is -2.41. The van der Waals surface area contributed by atoms with Crippen molar-refractivity contribution in [3.05, 3.63) is 0 Å². The van der Waals surface area contributed by atoms with Crippen molar-refractivity contribution in [3.63, 3.8) is 0 Å². The number of hydrogen-bond donors (Lipinski definition) is 1. The summed E-state index contributed by atoms with van der Waals surface area (Å²) in [6.07, 6.45) is 9.27. The minimum atomic E-state index is -0.342. The molecule has 1 unspecified atom stereocenters. The number of carbonyl (C=O) groups excluding carboxylic acids is 1. The van der Waals surface area contributed by atoms with Crippen LogP contribution in [0, 0.1) is 5.41 Å². The van der Waals surface area contributed by atoms with E-state index in [1.165, 1.54) is 32.1 Å². The molecule has 1 saturated carbocycles. The molecule has 0 aromatic rings. The van der Waals surface area contributed by atoms with Crippen LogP contribution in [-0.2, 0) is 9.53 Å². The second-order valence-electron chi connectivity index (χ2n) is 6.12. The summed E-state index contributed by atoms with van der Waals surface area (Å²) in [5.74, 6) is 0. The van der Waals surface area contributed by atoms with E-state index in [9.17, 15) is 9.90 Å². The maximum absolute atomic E-state index is 11.5. The topological polar surface area (TPSA) is 49.8 Å². The second kappa shape index (κ2) is 7.36. The summed E-state index contributed by atoms with van der Waals surface area (Å²) in [5, 5.41) is 9.29. The van der Waals surface area contributed by atoms with Gasteiger partial charge < -0.3 is 14.6 Å². The number of aliphatic hydroxyl groups excluding tert-OH is 1. The zero-order chi connectivity index (χ0) is 13.6. The summed E-state index contributed by atoms with van der Waals surface area (Å²) in [7, 11) is 0. The Labute approximate surface area is 116 Å². The van der Waals surface area contributed by atoms with Crippen LogP contribution in [0.5, 0.6) is 0 Å². The quantitative estimate of drug-likeness (QED) is 0.744. The van der Waals surface area contributed by atoms with Crippen LogP contribution >= 0.6 is 0 Å². The third kappa shape index (κ3) is 4.01. The average molecular weight is 269 g/mol. The van der Waals surface area contributed by atoms with Gasteiger partial charge in [0.1, 0.15) is 6.29 Å². The number of hydrogen-bond acceptors (Lipinski definition) is 4. The number of ether oxygens (including phenoxy) is 1. The van der Waals surface area contributed by atoms with Crippen molar-refractivity contribution in [2.45, 2.75) is 51.0 Å². The molecule has 2 rings (SSSR count). The van der Waals surface area contributed by atoms with Crippen molar-refractivity contribution < 1.29 is 14.6 Å². The van der Waals surface area contributed by atoms with E-state index in [0.717, 1.165) is 32.3 Å². The van der Waals surface area contributed by atoms with Crippen LogP contribution < -0.4 is 0 Å². The van der Waals surface area contributed by atoms with E-state index >= 15 is 0 Å². The van der Waals surface area contributed by atoms with Crippen molar-refractivity contribution in [1.29, 1.82) is 0 Å². The molecule has 0 radical (unpaired) electrons. The Morgan fingerprint density at radius 1 is 1.26 bits per heavy atom. The Kier molecular flexibility index (Phi) is 5.79. The Balaban J connectivity index is 1.98. The van der Waals surface area contributed by atoms with E-state index in [1.54, 1.807) is 0 Å². The lowest BCUT2D eigenvalue weighted by Crippen LogP contribution is -2.49.